The van der Waals surface area contributed by atoms with Crippen LogP contribution < -0.4 is 5.32 Å². The molecule has 0 saturated heterocycles. The summed E-state index contributed by atoms with van der Waals surface area (Å²) in [6.45, 7) is 0. The molecule has 2 N–H and O–H groups in total. The first-order valence-electron chi connectivity index (χ1n) is 8.85. The highest BCUT2D eigenvalue weighted by Gasteiger charge is 2.62. The van der Waals surface area contributed by atoms with Gasteiger partial charge in [-0.3, -0.25) is 4.79 Å². The van der Waals surface area contributed by atoms with Gasteiger partial charge in [0.05, 0.1) is 28.7 Å². The molecule has 2 aromatic heterocycles. The molecule has 2 heterocycles. The standard InChI is InChI=1S/C20H17Cl2N3O2/c21-12-3-1-2-11(4-12)19(26)24-18-14-6-20(27,7-15(14)18)16-5-13(22)9-25-10-23-8-17(16)25/h1-5,8-10,14-15,18,27H,6-7H2,(H,24,26). The van der Waals surface area contributed by atoms with Crippen LogP contribution >= 0.6 is 23.2 Å². The molecule has 0 bridgehead atoms. The molecule has 0 radical (unpaired) electrons. The van der Waals surface area contributed by atoms with Crippen molar-refractivity contribution in [2.75, 3.05) is 0 Å². The number of carbonyl (C=O) groups is 1. The predicted molar refractivity (Wildman–Crippen MR) is 103 cm³/mol. The van der Waals surface area contributed by atoms with E-state index in [0.717, 1.165) is 11.1 Å². The second-order valence-corrected chi connectivity index (χ2v) is 8.41. The summed E-state index contributed by atoms with van der Waals surface area (Å²) in [6.07, 6.45) is 6.39. The van der Waals surface area contributed by atoms with E-state index < -0.39 is 5.60 Å². The lowest BCUT2D eigenvalue weighted by atomic mass is 9.88. The van der Waals surface area contributed by atoms with Crippen LogP contribution in [0.5, 0.6) is 0 Å². The monoisotopic (exact) mass is 401 g/mol. The highest BCUT2D eigenvalue weighted by molar-refractivity contribution is 6.31. The Bertz CT molecular complexity index is 1050. The van der Waals surface area contributed by atoms with Crippen LogP contribution in [0.2, 0.25) is 10.0 Å². The second kappa shape index (κ2) is 5.96. The van der Waals surface area contributed by atoms with Crippen LogP contribution in [-0.2, 0) is 5.60 Å². The number of imidazole rings is 1. The summed E-state index contributed by atoms with van der Waals surface area (Å²) in [5.41, 5.74) is 1.28. The van der Waals surface area contributed by atoms with E-state index >= 15 is 0 Å². The Balaban J connectivity index is 1.33. The smallest absolute Gasteiger partial charge is 0.251 e. The van der Waals surface area contributed by atoms with Crippen molar-refractivity contribution in [2.45, 2.75) is 24.5 Å². The fourth-order valence-electron chi connectivity index (χ4n) is 4.53. The van der Waals surface area contributed by atoms with E-state index in [1.807, 2.05) is 10.5 Å². The number of rotatable bonds is 3. The van der Waals surface area contributed by atoms with E-state index in [1.165, 1.54) is 0 Å². The van der Waals surface area contributed by atoms with Crippen LogP contribution in [0.1, 0.15) is 28.8 Å². The average Bonchev–Trinajstić information content (AvgIpc) is 3.01. The van der Waals surface area contributed by atoms with Crippen LogP contribution in [0.25, 0.3) is 5.52 Å². The van der Waals surface area contributed by atoms with E-state index in [4.69, 9.17) is 23.2 Å². The largest absolute Gasteiger partial charge is 0.385 e. The Morgan fingerprint density at radius 1 is 1.22 bits per heavy atom. The summed E-state index contributed by atoms with van der Waals surface area (Å²) >= 11 is 12.2. The number of pyridine rings is 1. The number of benzene rings is 1. The van der Waals surface area contributed by atoms with Gasteiger partial charge in [-0.25, -0.2) is 4.98 Å². The number of aromatic nitrogens is 2. The number of carbonyl (C=O) groups excluding carboxylic acids is 1. The van der Waals surface area contributed by atoms with Crippen molar-refractivity contribution in [3.05, 3.63) is 70.2 Å². The van der Waals surface area contributed by atoms with Gasteiger partial charge in [0.1, 0.15) is 0 Å². The normalized spacial score (nSPS) is 28.9. The zero-order chi connectivity index (χ0) is 18.8. The Labute approximate surface area is 165 Å². The molecular weight excluding hydrogens is 385 g/mol. The zero-order valence-electron chi connectivity index (χ0n) is 14.3. The first kappa shape index (κ1) is 17.0. The van der Waals surface area contributed by atoms with Crippen molar-refractivity contribution in [1.29, 1.82) is 0 Å². The summed E-state index contributed by atoms with van der Waals surface area (Å²) in [5, 5.41) is 15.5. The Kier molecular flexibility index (Phi) is 3.76. The summed E-state index contributed by atoms with van der Waals surface area (Å²) in [7, 11) is 0. The maximum atomic E-state index is 12.4. The van der Waals surface area contributed by atoms with Crippen molar-refractivity contribution in [2.24, 2.45) is 11.8 Å². The lowest BCUT2D eigenvalue weighted by molar-refractivity contribution is 0.0289. The molecular formula is C20H17Cl2N3O2. The lowest BCUT2D eigenvalue weighted by Crippen LogP contribution is -2.33. The molecule has 1 amide bonds. The molecule has 5 rings (SSSR count). The SMILES string of the molecule is O=C(NC1C2CC(O)(c3cc(Cl)cn4cncc34)CC21)c1cccc(Cl)c1. The van der Waals surface area contributed by atoms with Gasteiger partial charge < -0.3 is 14.8 Å². The number of aliphatic hydroxyl groups is 1. The van der Waals surface area contributed by atoms with E-state index in [0.29, 0.717) is 28.5 Å². The molecule has 1 aromatic carbocycles. The molecule has 2 fully saturated rings. The molecule has 3 aromatic rings. The molecule has 0 aliphatic heterocycles. The number of nitrogens with one attached hydrogen (secondary N) is 1. The third kappa shape index (κ3) is 2.81. The second-order valence-electron chi connectivity index (χ2n) is 7.54. The fraction of sp³-hybridized carbons (Fsp3) is 0.300. The lowest BCUT2D eigenvalue weighted by Gasteiger charge is -2.27. The number of nitrogens with zero attached hydrogens (tertiary/aromatic N) is 2. The van der Waals surface area contributed by atoms with E-state index in [-0.39, 0.29) is 23.8 Å². The van der Waals surface area contributed by atoms with Crippen molar-refractivity contribution >= 4 is 34.6 Å². The van der Waals surface area contributed by atoms with Gasteiger partial charge in [0.15, 0.2) is 0 Å². The van der Waals surface area contributed by atoms with Gasteiger partial charge in [-0.05, 0) is 48.9 Å². The van der Waals surface area contributed by atoms with E-state index in [2.05, 4.69) is 10.3 Å². The summed E-state index contributed by atoms with van der Waals surface area (Å²) in [5.74, 6) is 0.404. The average molecular weight is 402 g/mol. The molecule has 138 valence electrons. The third-order valence-corrected chi connectivity index (χ3v) is 6.29. The fourth-order valence-corrected chi connectivity index (χ4v) is 4.94. The topological polar surface area (TPSA) is 66.6 Å². The number of fused-ring (bicyclic) bond motifs is 2. The molecule has 5 nitrogen and oxygen atoms in total. The maximum absolute atomic E-state index is 12.4. The molecule has 2 saturated carbocycles. The van der Waals surface area contributed by atoms with Crippen LogP contribution in [0, 0.1) is 11.8 Å². The number of hydrogen-bond donors (Lipinski definition) is 2. The molecule has 2 aliphatic rings. The van der Waals surface area contributed by atoms with Crippen molar-refractivity contribution < 1.29 is 9.90 Å². The van der Waals surface area contributed by atoms with Gasteiger partial charge in [-0.2, -0.15) is 0 Å². The minimum absolute atomic E-state index is 0.0943. The van der Waals surface area contributed by atoms with Crippen molar-refractivity contribution in [3.63, 3.8) is 0 Å². The molecule has 27 heavy (non-hydrogen) atoms. The first-order valence-corrected chi connectivity index (χ1v) is 9.61. The summed E-state index contributed by atoms with van der Waals surface area (Å²) < 4.78 is 1.83. The van der Waals surface area contributed by atoms with Crippen LogP contribution in [0.4, 0.5) is 0 Å². The zero-order valence-corrected chi connectivity index (χ0v) is 15.8. The molecule has 7 heteroatoms. The van der Waals surface area contributed by atoms with E-state index in [9.17, 15) is 9.90 Å². The predicted octanol–water partition coefficient (Wildman–Crippen LogP) is 3.67. The minimum atomic E-state index is -0.946. The quantitative estimate of drug-likeness (QED) is 0.703. The van der Waals surface area contributed by atoms with Gasteiger partial charge in [0, 0.05) is 28.4 Å². The number of hydrogen-bond acceptors (Lipinski definition) is 3. The Morgan fingerprint density at radius 3 is 2.74 bits per heavy atom. The molecule has 2 unspecified atom stereocenters. The third-order valence-electron chi connectivity index (χ3n) is 5.85. The number of amides is 1. The first-order chi connectivity index (χ1) is 12.9. The molecule has 0 spiro atoms. The van der Waals surface area contributed by atoms with Crippen molar-refractivity contribution in [1.82, 2.24) is 14.7 Å². The van der Waals surface area contributed by atoms with Crippen LogP contribution in [-0.4, -0.2) is 26.4 Å². The van der Waals surface area contributed by atoms with Crippen LogP contribution in [0.15, 0.2) is 49.1 Å². The van der Waals surface area contributed by atoms with Gasteiger partial charge >= 0.3 is 0 Å². The highest BCUT2D eigenvalue weighted by Crippen LogP contribution is 2.60. The van der Waals surface area contributed by atoms with Gasteiger partial charge in [0.2, 0.25) is 0 Å². The van der Waals surface area contributed by atoms with Crippen LogP contribution in [0.3, 0.4) is 0 Å². The molecule has 2 atom stereocenters. The summed E-state index contributed by atoms with van der Waals surface area (Å²) in [4.78, 5) is 16.6. The highest BCUT2D eigenvalue weighted by atomic mass is 35.5. The Hall–Kier alpha value is -2.08. The van der Waals surface area contributed by atoms with Crippen molar-refractivity contribution in [3.8, 4) is 0 Å². The van der Waals surface area contributed by atoms with E-state index in [1.54, 1.807) is 43.0 Å². The Morgan fingerprint density at radius 2 is 2.00 bits per heavy atom. The minimum Gasteiger partial charge on any atom is -0.385 e. The van der Waals surface area contributed by atoms with Gasteiger partial charge in [0.25, 0.3) is 5.91 Å². The van der Waals surface area contributed by atoms with Gasteiger partial charge in [-0.15, -0.1) is 0 Å². The number of halogens is 2. The van der Waals surface area contributed by atoms with Gasteiger partial charge in [-0.1, -0.05) is 29.3 Å². The molecule has 2 aliphatic carbocycles. The summed E-state index contributed by atoms with van der Waals surface area (Å²) in [6, 6.07) is 8.83. The maximum Gasteiger partial charge on any atom is 0.251 e.